The fraction of sp³-hybridized carbons (Fsp3) is 0.714. The van der Waals surface area contributed by atoms with Crippen molar-refractivity contribution >= 4 is 12.1 Å². The zero-order valence-corrected chi connectivity index (χ0v) is 11.1. The molecule has 2 atom stereocenters. The fourth-order valence-electron chi connectivity index (χ4n) is 2.95. The summed E-state index contributed by atoms with van der Waals surface area (Å²) in [5, 5.41) is 8.96. The molecule has 19 heavy (non-hydrogen) atoms. The number of amides is 1. The SMILES string of the molecule is C=CCOC(=O)N1CC[C@@H](CC(=O)O)[C@@H](C2CC2)C1. The van der Waals surface area contributed by atoms with Gasteiger partial charge in [0.25, 0.3) is 0 Å². The van der Waals surface area contributed by atoms with Crippen molar-refractivity contribution in [3.8, 4) is 0 Å². The van der Waals surface area contributed by atoms with Gasteiger partial charge in [-0.1, -0.05) is 12.7 Å². The van der Waals surface area contributed by atoms with Crippen molar-refractivity contribution < 1.29 is 19.4 Å². The Morgan fingerprint density at radius 1 is 1.37 bits per heavy atom. The molecule has 1 heterocycles. The molecule has 1 saturated heterocycles. The summed E-state index contributed by atoms with van der Waals surface area (Å²) in [7, 11) is 0. The molecule has 0 bridgehead atoms. The summed E-state index contributed by atoms with van der Waals surface area (Å²) < 4.78 is 5.05. The van der Waals surface area contributed by atoms with Crippen LogP contribution in [0.1, 0.15) is 25.7 Å². The first-order chi connectivity index (χ1) is 9.11. The average molecular weight is 267 g/mol. The average Bonchev–Trinajstić information content (AvgIpc) is 3.20. The zero-order valence-electron chi connectivity index (χ0n) is 11.1. The van der Waals surface area contributed by atoms with Crippen molar-refractivity contribution in [1.82, 2.24) is 4.90 Å². The van der Waals surface area contributed by atoms with Gasteiger partial charge in [0.2, 0.25) is 0 Å². The minimum absolute atomic E-state index is 0.202. The number of carbonyl (C=O) groups excluding carboxylic acids is 1. The zero-order chi connectivity index (χ0) is 13.8. The van der Waals surface area contributed by atoms with Gasteiger partial charge >= 0.3 is 12.1 Å². The van der Waals surface area contributed by atoms with E-state index in [-0.39, 0.29) is 25.0 Å². The van der Waals surface area contributed by atoms with Gasteiger partial charge in [-0.25, -0.2) is 4.79 Å². The highest BCUT2D eigenvalue weighted by Crippen LogP contribution is 2.44. The molecule has 1 saturated carbocycles. The number of carboxylic acids is 1. The predicted molar refractivity (Wildman–Crippen MR) is 69.7 cm³/mol. The first-order valence-corrected chi connectivity index (χ1v) is 6.86. The summed E-state index contributed by atoms with van der Waals surface area (Å²) >= 11 is 0. The van der Waals surface area contributed by atoms with Gasteiger partial charge in [0.05, 0.1) is 0 Å². The Morgan fingerprint density at radius 2 is 2.11 bits per heavy atom. The molecule has 1 N–H and O–H groups in total. The molecule has 0 radical (unpaired) electrons. The highest BCUT2D eigenvalue weighted by molar-refractivity contribution is 5.68. The number of nitrogens with zero attached hydrogens (tertiary/aromatic N) is 1. The number of hydrogen-bond acceptors (Lipinski definition) is 3. The standard InChI is InChI=1S/C14H21NO4/c1-2-7-19-14(18)15-6-5-11(8-13(16)17)12(9-15)10-3-4-10/h2,10-12H,1,3-9H2,(H,16,17)/t11-,12+/m0/s1. The van der Waals surface area contributed by atoms with E-state index in [0.29, 0.717) is 24.9 Å². The van der Waals surface area contributed by atoms with Crippen LogP contribution in [0.4, 0.5) is 4.79 Å². The number of rotatable bonds is 5. The maximum atomic E-state index is 11.8. The maximum absolute atomic E-state index is 11.8. The van der Waals surface area contributed by atoms with Crippen molar-refractivity contribution in [2.24, 2.45) is 17.8 Å². The molecule has 5 nitrogen and oxygen atoms in total. The van der Waals surface area contributed by atoms with E-state index < -0.39 is 5.97 Å². The number of hydrogen-bond donors (Lipinski definition) is 1. The van der Waals surface area contributed by atoms with Gasteiger partial charge in [-0.05, 0) is 37.0 Å². The van der Waals surface area contributed by atoms with Crippen LogP contribution in [-0.2, 0) is 9.53 Å². The van der Waals surface area contributed by atoms with Crippen LogP contribution in [0, 0.1) is 17.8 Å². The number of aliphatic carboxylic acids is 1. The molecule has 0 aromatic heterocycles. The quantitative estimate of drug-likeness (QED) is 0.775. The highest BCUT2D eigenvalue weighted by Gasteiger charge is 2.41. The van der Waals surface area contributed by atoms with Gasteiger partial charge in [-0.2, -0.15) is 0 Å². The number of likely N-dealkylation sites (tertiary alicyclic amines) is 1. The third-order valence-corrected chi connectivity index (χ3v) is 4.05. The molecule has 1 aliphatic carbocycles. The van der Waals surface area contributed by atoms with Crippen LogP contribution in [0.2, 0.25) is 0 Å². The van der Waals surface area contributed by atoms with E-state index in [0.717, 1.165) is 19.3 Å². The van der Waals surface area contributed by atoms with Gasteiger partial charge in [-0.15, -0.1) is 0 Å². The van der Waals surface area contributed by atoms with E-state index >= 15 is 0 Å². The molecule has 0 spiro atoms. The minimum atomic E-state index is -0.738. The second-order valence-corrected chi connectivity index (χ2v) is 5.46. The van der Waals surface area contributed by atoms with Gasteiger partial charge < -0.3 is 14.7 Å². The summed E-state index contributed by atoms with van der Waals surface area (Å²) in [5.74, 6) is 0.382. The van der Waals surface area contributed by atoms with Crippen LogP contribution in [0.25, 0.3) is 0 Å². The topological polar surface area (TPSA) is 66.8 Å². The van der Waals surface area contributed by atoms with Crippen LogP contribution < -0.4 is 0 Å². The molecule has 1 aliphatic heterocycles. The number of carboxylic acid groups (broad SMARTS) is 1. The first kappa shape index (κ1) is 13.9. The van der Waals surface area contributed by atoms with E-state index in [4.69, 9.17) is 9.84 Å². The summed E-state index contributed by atoms with van der Waals surface area (Å²) in [5.41, 5.74) is 0. The Bertz CT molecular complexity index is 364. The van der Waals surface area contributed by atoms with Crippen LogP contribution >= 0.6 is 0 Å². The lowest BCUT2D eigenvalue weighted by Gasteiger charge is -2.37. The second-order valence-electron chi connectivity index (χ2n) is 5.46. The molecule has 2 rings (SSSR count). The van der Waals surface area contributed by atoms with Crippen molar-refractivity contribution in [1.29, 1.82) is 0 Å². The summed E-state index contributed by atoms with van der Waals surface area (Å²) in [4.78, 5) is 24.4. The number of carbonyl (C=O) groups is 2. The second kappa shape index (κ2) is 6.08. The molecule has 5 heteroatoms. The maximum Gasteiger partial charge on any atom is 0.410 e. The van der Waals surface area contributed by atoms with E-state index in [1.54, 1.807) is 11.0 Å². The lowest BCUT2D eigenvalue weighted by molar-refractivity contribution is -0.139. The summed E-state index contributed by atoms with van der Waals surface area (Å²) in [6, 6.07) is 0. The molecule has 1 amide bonds. The fourth-order valence-corrected chi connectivity index (χ4v) is 2.95. The number of piperidine rings is 1. The van der Waals surface area contributed by atoms with E-state index in [1.807, 2.05) is 0 Å². The van der Waals surface area contributed by atoms with Crippen molar-refractivity contribution in [2.75, 3.05) is 19.7 Å². The third-order valence-electron chi connectivity index (χ3n) is 4.05. The third kappa shape index (κ3) is 3.72. The Balaban J connectivity index is 1.92. The smallest absolute Gasteiger partial charge is 0.410 e. The Labute approximate surface area is 113 Å². The normalized spacial score (nSPS) is 26.8. The molecule has 106 valence electrons. The Morgan fingerprint density at radius 3 is 2.68 bits per heavy atom. The van der Waals surface area contributed by atoms with Gasteiger partial charge in [0.1, 0.15) is 6.61 Å². The molecule has 0 aromatic rings. The Kier molecular flexibility index (Phi) is 4.45. The lowest BCUT2D eigenvalue weighted by Crippen LogP contribution is -2.45. The molecule has 2 aliphatic rings. The lowest BCUT2D eigenvalue weighted by atomic mass is 9.80. The number of ether oxygens (including phenoxy) is 1. The molecular formula is C14H21NO4. The molecular weight excluding hydrogens is 246 g/mol. The summed E-state index contributed by atoms with van der Waals surface area (Å²) in [6.07, 6.45) is 4.55. The van der Waals surface area contributed by atoms with Crippen LogP contribution in [0.3, 0.4) is 0 Å². The first-order valence-electron chi connectivity index (χ1n) is 6.86. The minimum Gasteiger partial charge on any atom is -0.481 e. The van der Waals surface area contributed by atoms with E-state index in [1.165, 1.54) is 0 Å². The summed E-state index contributed by atoms with van der Waals surface area (Å²) in [6.45, 7) is 4.97. The largest absolute Gasteiger partial charge is 0.481 e. The van der Waals surface area contributed by atoms with Crippen molar-refractivity contribution in [3.05, 3.63) is 12.7 Å². The van der Waals surface area contributed by atoms with Crippen LogP contribution in [0.5, 0.6) is 0 Å². The van der Waals surface area contributed by atoms with Crippen LogP contribution in [-0.4, -0.2) is 41.8 Å². The molecule has 0 unspecified atom stereocenters. The molecule has 0 aromatic carbocycles. The monoisotopic (exact) mass is 267 g/mol. The van der Waals surface area contributed by atoms with Gasteiger partial charge in [0.15, 0.2) is 0 Å². The van der Waals surface area contributed by atoms with Crippen molar-refractivity contribution in [3.63, 3.8) is 0 Å². The van der Waals surface area contributed by atoms with E-state index in [2.05, 4.69) is 6.58 Å². The van der Waals surface area contributed by atoms with Gasteiger partial charge in [0, 0.05) is 19.5 Å². The van der Waals surface area contributed by atoms with Crippen LogP contribution in [0.15, 0.2) is 12.7 Å². The molecule has 2 fully saturated rings. The highest BCUT2D eigenvalue weighted by atomic mass is 16.6. The Hall–Kier alpha value is -1.52. The van der Waals surface area contributed by atoms with Gasteiger partial charge in [-0.3, -0.25) is 4.79 Å². The van der Waals surface area contributed by atoms with Crippen molar-refractivity contribution in [2.45, 2.75) is 25.7 Å². The van der Waals surface area contributed by atoms with E-state index in [9.17, 15) is 9.59 Å². The predicted octanol–water partition coefficient (Wildman–Crippen LogP) is 2.13.